The zero-order valence-corrected chi connectivity index (χ0v) is 21.4. The van der Waals surface area contributed by atoms with Crippen LogP contribution in [0.2, 0.25) is 0 Å². The van der Waals surface area contributed by atoms with E-state index in [1.165, 1.54) is 20.0 Å². The van der Waals surface area contributed by atoms with Gasteiger partial charge in [0, 0.05) is 19.6 Å². The molecule has 1 heterocycles. The van der Waals surface area contributed by atoms with Gasteiger partial charge in [0.05, 0.1) is 27.0 Å². The molecule has 0 spiro atoms. The molecular weight excluding hydrogens is 456 g/mol. The molecule has 1 N–H and O–H groups in total. The van der Waals surface area contributed by atoms with E-state index in [0.717, 1.165) is 41.5 Å². The number of nitrogens with zero attached hydrogens (tertiary/aromatic N) is 3. The summed E-state index contributed by atoms with van der Waals surface area (Å²) in [7, 11) is 4.69. The summed E-state index contributed by atoms with van der Waals surface area (Å²) in [5.74, 6) is 2.99. The highest BCUT2D eigenvalue weighted by Crippen LogP contribution is 2.32. The third-order valence-electron chi connectivity index (χ3n) is 6.36. The first-order chi connectivity index (χ1) is 17.5. The zero-order chi connectivity index (χ0) is 25.5. The largest absolute Gasteiger partial charge is 0.497 e. The molecule has 1 saturated carbocycles. The predicted octanol–water partition coefficient (Wildman–Crippen LogP) is 5.01. The molecule has 0 atom stereocenters. The Labute approximate surface area is 212 Å². The van der Waals surface area contributed by atoms with Gasteiger partial charge in [-0.1, -0.05) is 37.1 Å². The minimum Gasteiger partial charge on any atom is -0.497 e. The van der Waals surface area contributed by atoms with Crippen LogP contribution in [-0.2, 0) is 17.8 Å². The molecule has 1 aromatic heterocycles. The van der Waals surface area contributed by atoms with Crippen LogP contribution >= 0.6 is 0 Å². The molecule has 1 fully saturated rings. The molecule has 0 saturated heterocycles. The van der Waals surface area contributed by atoms with Gasteiger partial charge in [-0.05, 0) is 54.7 Å². The molecule has 1 aliphatic rings. The van der Waals surface area contributed by atoms with Crippen LogP contribution in [0.25, 0.3) is 0 Å². The summed E-state index contributed by atoms with van der Waals surface area (Å²) in [5, 5.41) is 3.38. The Morgan fingerprint density at radius 2 is 1.47 bits per heavy atom. The van der Waals surface area contributed by atoms with Gasteiger partial charge in [-0.3, -0.25) is 0 Å². The number of carbonyl (C=O) groups excluding carboxylic acids is 1. The van der Waals surface area contributed by atoms with Crippen LogP contribution < -0.4 is 19.7 Å². The van der Waals surface area contributed by atoms with E-state index in [-0.39, 0.29) is 0 Å². The topological polar surface area (TPSA) is 85.8 Å². The summed E-state index contributed by atoms with van der Waals surface area (Å²) < 4.78 is 15.7. The first-order valence-electron chi connectivity index (χ1n) is 12.2. The predicted molar refractivity (Wildman–Crippen MR) is 140 cm³/mol. The van der Waals surface area contributed by atoms with Crippen molar-refractivity contribution in [3.63, 3.8) is 0 Å². The molecule has 0 amide bonds. The number of benzene rings is 2. The maximum atomic E-state index is 12.6. The number of nitrogens with one attached hydrogen (secondary N) is 1. The minimum absolute atomic E-state index is 0.380. The van der Waals surface area contributed by atoms with Crippen molar-refractivity contribution in [1.82, 2.24) is 9.97 Å². The van der Waals surface area contributed by atoms with Crippen molar-refractivity contribution in [3.05, 3.63) is 70.9 Å². The molecule has 0 bridgehead atoms. The van der Waals surface area contributed by atoms with Crippen LogP contribution in [0.4, 0.5) is 11.8 Å². The van der Waals surface area contributed by atoms with Gasteiger partial charge in [0.2, 0.25) is 5.95 Å². The normalized spacial score (nSPS) is 12.7. The summed E-state index contributed by atoms with van der Waals surface area (Å²) in [6, 6.07) is 15.9. The highest BCUT2D eigenvalue weighted by Gasteiger charge is 2.24. The summed E-state index contributed by atoms with van der Waals surface area (Å²) in [5.41, 5.74) is 3.14. The van der Waals surface area contributed by atoms with Crippen molar-refractivity contribution in [3.8, 4) is 11.5 Å². The average Bonchev–Trinajstić information content (AvgIpc) is 3.73. The van der Waals surface area contributed by atoms with Crippen LogP contribution in [0.5, 0.6) is 11.5 Å². The Morgan fingerprint density at radius 3 is 1.94 bits per heavy atom. The number of ether oxygens (including phenoxy) is 3. The third kappa shape index (κ3) is 6.44. The number of methoxy groups -OCH3 is 3. The minimum atomic E-state index is -0.440. The van der Waals surface area contributed by atoms with E-state index in [2.05, 4.69) is 10.2 Å². The van der Waals surface area contributed by atoms with Gasteiger partial charge >= 0.3 is 5.97 Å². The smallest absolute Gasteiger partial charge is 0.343 e. The van der Waals surface area contributed by atoms with Crippen LogP contribution in [-0.4, -0.2) is 43.8 Å². The molecule has 1 aliphatic carbocycles. The van der Waals surface area contributed by atoms with E-state index in [4.69, 9.17) is 24.2 Å². The van der Waals surface area contributed by atoms with Gasteiger partial charge < -0.3 is 24.4 Å². The Bertz CT molecular complexity index is 1110. The third-order valence-corrected chi connectivity index (χ3v) is 6.36. The van der Waals surface area contributed by atoms with Crippen molar-refractivity contribution in [2.45, 2.75) is 39.3 Å². The van der Waals surface area contributed by atoms with Gasteiger partial charge in [-0.25, -0.2) is 9.78 Å². The molecule has 0 unspecified atom stereocenters. The number of rotatable bonds is 12. The Hall–Kier alpha value is -3.81. The first kappa shape index (κ1) is 25.3. The maximum Gasteiger partial charge on any atom is 0.343 e. The molecule has 8 nitrogen and oxygen atoms in total. The molecule has 36 heavy (non-hydrogen) atoms. The lowest BCUT2D eigenvalue weighted by Crippen LogP contribution is -2.26. The van der Waals surface area contributed by atoms with E-state index in [9.17, 15) is 4.79 Å². The SMILES string of the molecule is COC(=O)c1c(C)nc(N(Cc2ccc(OC)cc2)Cc2ccc(OC)cc2)nc1NCCC1CC1. The van der Waals surface area contributed by atoms with E-state index in [1.807, 2.05) is 55.5 Å². The Balaban J connectivity index is 1.67. The van der Waals surface area contributed by atoms with Crippen molar-refractivity contribution in [2.75, 3.05) is 38.1 Å². The van der Waals surface area contributed by atoms with Crippen molar-refractivity contribution in [2.24, 2.45) is 5.92 Å². The summed E-state index contributed by atoms with van der Waals surface area (Å²) in [4.78, 5) is 24.2. The number of aromatic nitrogens is 2. The van der Waals surface area contributed by atoms with Gasteiger partial charge in [-0.15, -0.1) is 0 Å². The highest BCUT2D eigenvalue weighted by atomic mass is 16.5. The highest BCUT2D eigenvalue weighted by molar-refractivity contribution is 5.96. The second kappa shape index (κ2) is 11.7. The molecule has 3 aromatic rings. The number of aryl methyl sites for hydroxylation is 1. The molecule has 190 valence electrons. The standard InChI is InChI=1S/C28H34N4O4/c1-19-25(27(33)36-4)26(29-16-15-20-5-6-20)31-28(30-19)32(17-21-7-11-23(34-2)12-8-21)18-22-9-13-24(35-3)14-10-22/h7-14,20H,5-6,15-18H2,1-4H3,(H,29,30,31). The fraction of sp³-hybridized carbons (Fsp3) is 0.393. The van der Waals surface area contributed by atoms with Gasteiger partial charge in [-0.2, -0.15) is 4.98 Å². The maximum absolute atomic E-state index is 12.6. The Morgan fingerprint density at radius 1 is 0.917 bits per heavy atom. The molecule has 0 aliphatic heterocycles. The second-order valence-electron chi connectivity index (χ2n) is 9.04. The number of hydrogen-bond acceptors (Lipinski definition) is 8. The molecule has 0 radical (unpaired) electrons. The van der Waals surface area contributed by atoms with E-state index >= 15 is 0 Å². The van der Waals surface area contributed by atoms with Crippen LogP contribution in [0.1, 0.15) is 46.4 Å². The van der Waals surface area contributed by atoms with Gasteiger partial charge in [0.15, 0.2) is 0 Å². The van der Waals surface area contributed by atoms with E-state index in [1.54, 1.807) is 14.2 Å². The van der Waals surface area contributed by atoms with Crippen molar-refractivity contribution in [1.29, 1.82) is 0 Å². The van der Waals surface area contributed by atoms with Crippen molar-refractivity contribution < 1.29 is 19.0 Å². The number of carbonyl (C=O) groups is 1. The lowest BCUT2D eigenvalue weighted by molar-refractivity contribution is 0.0600. The molecular formula is C28H34N4O4. The van der Waals surface area contributed by atoms with E-state index < -0.39 is 5.97 Å². The summed E-state index contributed by atoms with van der Waals surface area (Å²) in [6.45, 7) is 3.73. The summed E-state index contributed by atoms with van der Waals surface area (Å²) in [6.07, 6.45) is 3.61. The van der Waals surface area contributed by atoms with Crippen LogP contribution in [0.15, 0.2) is 48.5 Å². The lowest BCUT2D eigenvalue weighted by atomic mass is 10.1. The molecule has 4 rings (SSSR count). The fourth-order valence-electron chi connectivity index (χ4n) is 4.08. The monoisotopic (exact) mass is 490 g/mol. The van der Waals surface area contributed by atoms with Crippen LogP contribution in [0.3, 0.4) is 0 Å². The van der Waals surface area contributed by atoms with Gasteiger partial charge in [0.25, 0.3) is 0 Å². The average molecular weight is 491 g/mol. The van der Waals surface area contributed by atoms with Crippen molar-refractivity contribution >= 4 is 17.7 Å². The number of hydrogen-bond donors (Lipinski definition) is 1. The summed E-state index contributed by atoms with van der Waals surface area (Å²) >= 11 is 0. The van der Waals surface area contributed by atoms with E-state index in [0.29, 0.717) is 36.1 Å². The fourth-order valence-corrected chi connectivity index (χ4v) is 4.08. The quantitative estimate of drug-likeness (QED) is 0.355. The van der Waals surface area contributed by atoms with Crippen LogP contribution in [0, 0.1) is 12.8 Å². The molecule has 2 aromatic carbocycles. The number of esters is 1. The Kier molecular flexibility index (Phi) is 8.25. The number of anilines is 2. The molecule has 8 heteroatoms. The lowest BCUT2D eigenvalue weighted by Gasteiger charge is -2.25. The second-order valence-corrected chi connectivity index (χ2v) is 9.04. The van der Waals surface area contributed by atoms with Gasteiger partial charge in [0.1, 0.15) is 22.9 Å². The first-order valence-corrected chi connectivity index (χ1v) is 12.2. The zero-order valence-electron chi connectivity index (χ0n) is 21.4.